The van der Waals surface area contributed by atoms with Crippen molar-refractivity contribution in [1.82, 2.24) is 20.2 Å². The molecule has 0 aliphatic rings. The Kier molecular flexibility index (Phi) is 7.85. The van der Waals surface area contributed by atoms with E-state index in [2.05, 4.69) is 51.7 Å². The normalized spacial score (nSPS) is 11.2. The van der Waals surface area contributed by atoms with Gasteiger partial charge in [0.2, 0.25) is 0 Å². The number of methoxy groups -OCH3 is 1. The Morgan fingerprint density at radius 2 is 1.79 bits per heavy atom. The maximum atomic E-state index is 6.40. The van der Waals surface area contributed by atoms with Crippen molar-refractivity contribution in [3.8, 4) is 17.0 Å². The fraction of sp³-hybridized carbons (Fsp3) is 0.231. The molecule has 34 heavy (non-hydrogen) atoms. The van der Waals surface area contributed by atoms with Crippen LogP contribution in [-0.4, -0.2) is 49.2 Å². The van der Waals surface area contributed by atoms with Crippen LogP contribution in [0.5, 0.6) is 5.75 Å². The zero-order chi connectivity index (χ0) is 24.1. The third kappa shape index (κ3) is 5.77. The van der Waals surface area contributed by atoms with Gasteiger partial charge in [-0.3, -0.25) is 9.97 Å². The van der Waals surface area contributed by atoms with Crippen molar-refractivity contribution >= 4 is 45.5 Å². The number of nitrogens with one attached hydrogen (secondary N) is 2. The van der Waals surface area contributed by atoms with Gasteiger partial charge in [-0.15, -0.1) is 0 Å². The van der Waals surface area contributed by atoms with Gasteiger partial charge in [-0.05, 0) is 43.9 Å². The van der Waals surface area contributed by atoms with Crippen molar-refractivity contribution in [2.45, 2.75) is 6.54 Å². The second-order valence-corrected chi connectivity index (χ2v) is 9.03. The Labute approximate surface area is 209 Å². The van der Waals surface area contributed by atoms with Crippen molar-refractivity contribution in [1.29, 1.82) is 0 Å². The zero-order valence-corrected chi connectivity index (χ0v) is 20.9. The van der Waals surface area contributed by atoms with Gasteiger partial charge in [-0.25, -0.2) is 0 Å². The van der Waals surface area contributed by atoms with E-state index in [1.807, 2.05) is 30.5 Å². The monoisotopic (exact) mass is 495 g/mol. The molecule has 2 aromatic carbocycles. The molecular weight excluding hydrogens is 469 g/mol. The molecule has 0 saturated heterocycles. The van der Waals surface area contributed by atoms with E-state index in [1.165, 1.54) is 0 Å². The maximum absolute atomic E-state index is 6.40. The minimum atomic E-state index is 0.463. The smallest absolute Gasteiger partial charge is 0.139 e. The minimum absolute atomic E-state index is 0.463. The molecule has 176 valence electrons. The molecule has 0 spiro atoms. The van der Waals surface area contributed by atoms with Crippen molar-refractivity contribution in [3.63, 3.8) is 0 Å². The van der Waals surface area contributed by atoms with E-state index in [0.29, 0.717) is 21.5 Å². The maximum Gasteiger partial charge on any atom is 0.139 e. The van der Waals surface area contributed by atoms with Crippen LogP contribution in [0.3, 0.4) is 0 Å². The second-order valence-electron chi connectivity index (χ2n) is 8.21. The van der Waals surface area contributed by atoms with Crippen LogP contribution in [0.15, 0.2) is 60.9 Å². The first-order valence-electron chi connectivity index (χ1n) is 10.9. The number of halogens is 2. The first kappa shape index (κ1) is 24.2. The third-order valence-electron chi connectivity index (χ3n) is 5.44. The molecule has 0 aliphatic heterocycles. The molecule has 0 fully saturated rings. The lowest BCUT2D eigenvalue weighted by Crippen LogP contribution is -2.26. The molecule has 0 radical (unpaired) electrons. The summed E-state index contributed by atoms with van der Waals surface area (Å²) >= 11 is 12.6. The van der Waals surface area contributed by atoms with Gasteiger partial charge in [0, 0.05) is 54.7 Å². The summed E-state index contributed by atoms with van der Waals surface area (Å²) in [7, 11) is 5.71. The molecule has 4 aromatic rings. The predicted molar refractivity (Wildman–Crippen MR) is 142 cm³/mol. The summed E-state index contributed by atoms with van der Waals surface area (Å²) in [5.41, 5.74) is 5.52. The highest BCUT2D eigenvalue weighted by molar-refractivity contribution is 6.37. The van der Waals surface area contributed by atoms with Gasteiger partial charge in [0.1, 0.15) is 5.75 Å². The number of pyridine rings is 2. The van der Waals surface area contributed by atoms with Crippen LogP contribution >= 0.6 is 23.2 Å². The number of ether oxygens (including phenoxy) is 1. The van der Waals surface area contributed by atoms with Crippen LogP contribution < -0.4 is 15.4 Å². The van der Waals surface area contributed by atoms with Gasteiger partial charge in [0.25, 0.3) is 0 Å². The van der Waals surface area contributed by atoms with Crippen LogP contribution in [0.2, 0.25) is 10.0 Å². The number of benzene rings is 2. The molecular formula is C26H27Cl2N5O. The van der Waals surface area contributed by atoms with E-state index in [4.69, 9.17) is 27.9 Å². The fourth-order valence-corrected chi connectivity index (χ4v) is 4.09. The van der Waals surface area contributed by atoms with Gasteiger partial charge >= 0.3 is 0 Å². The largest absolute Gasteiger partial charge is 0.495 e. The number of aromatic nitrogens is 2. The number of nitrogens with zero attached hydrogens (tertiary/aromatic N) is 3. The number of fused-ring (bicyclic) bond motifs is 1. The number of rotatable bonds is 9. The van der Waals surface area contributed by atoms with E-state index < -0.39 is 0 Å². The van der Waals surface area contributed by atoms with Gasteiger partial charge in [0.05, 0.1) is 34.1 Å². The van der Waals surface area contributed by atoms with Crippen LogP contribution in [0.25, 0.3) is 22.2 Å². The number of likely N-dealkylation sites (N-methyl/N-ethyl adjacent to an activating group) is 1. The van der Waals surface area contributed by atoms with Crippen LogP contribution in [-0.2, 0) is 6.54 Å². The standard InChI is InChI=1S/C26H27Cl2N5O/c1-33(2)11-10-29-15-17-4-7-22(31-16-17)18-5-6-19-23(8-9-30-24(19)12-18)32-25-14-26(34-3)21(28)13-20(25)27/h4-9,12-14,16,29H,10-11,15H2,1-3H3,(H,30,32). The van der Waals surface area contributed by atoms with E-state index in [1.54, 1.807) is 25.4 Å². The molecule has 0 amide bonds. The van der Waals surface area contributed by atoms with E-state index >= 15 is 0 Å². The fourth-order valence-electron chi connectivity index (χ4n) is 3.58. The van der Waals surface area contributed by atoms with Crippen molar-refractivity contribution in [2.75, 3.05) is 39.6 Å². The molecule has 4 rings (SSSR count). The lowest BCUT2D eigenvalue weighted by Gasteiger charge is -2.14. The molecule has 0 unspecified atom stereocenters. The molecule has 8 heteroatoms. The van der Waals surface area contributed by atoms with Gasteiger partial charge in [-0.1, -0.05) is 41.4 Å². The first-order valence-corrected chi connectivity index (χ1v) is 11.7. The number of hydrogen-bond acceptors (Lipinski definition) is 6. The van der Waals surface area contributed by atoms with Gasteiger partial charge in [0.15, 0.2) is 0 Å². The summed E-state index contributed by atoms with van der Waals surface area (Å²) in [6.07, 6.45) is 3.69. The van der Waals surface area contributed by atoms with Gasteiger partial charge < -0.3 is 20.3 Å². The summed E-state index contributed by atoms with van der Waals surface area (Å²) < 4.78 is 5.32. The van der Waals surface area contributed by atoms with Gasteiger partial charge in [-0.2, -0.15) is 0 Å². The Morgan fingerprint density at radius 3 is 2.53 bits per heavy atom. The average Bonchev–Trinajstić information content (AvgIpc) is 2.83. The molecule has 0 saturated carbocycles. The molecule has 0 atom stereocenters. The lowest BCUT2D eigenvalue weighted by molar-refractivity contribution is 0.400. The summed E-state index contributed by atoms with van der Waals surface area (Å²) in [6.45, 7) is 2.74. The van der Waals surface area contributed by atoms with Crippen molar-refractivity contribution in [2.24, 2.45) is 0 Å². The van der Waals surface area contributed by atoms with Crippen molar-refractivity contribution in [3.05, 3.63) is 76.5 Å². The number of anilines is 2. The Balaban J connectivity index is 1.53. The van der Waals surface area contributed by atoms with Crippen LogP contribution in [0.4, 0.5) is 11.4 Å². The van der Waals surface area contributed by atoms with E-state index in [-0.39, 0.29) is 0 Å². The summed E-state index contributed by atoms with van der Waals surface area (Å²) in [6, 6.07) is 15.7. The highest BCUT2D eigenvalue weighted by Crippen LogP contribution is 2.37. The SMILES string of the molecule is COc1cc(Nc2ccnc3cc(-c4ccc(CNCCN(C)C)cn4)ccc23)c(Cl)cc1Cl. The summed E-state index contributed by atoms with van der Waals surface area (Å²) in [5, 5.41) is 8.75. The highest BCUT2D eigenvalue weighted by Gasteiger charge is 2.11. The predicted octanol–water partition coefficient (Wildman–Crippen LogP) is 6.01. The summed E-state index contributed by atoms with van der Waals surface area (Å²) in [5.74, 6) is 0.552. The van der Waals surface area contributed by atoms with Crippen molar-refractivity contribution < 1.29 is 4.74 Å². The topological polar surface area (TPSA) is 62.3 Å². The summed E-state index contributed by atoms with van der Waals surface area (Å²) in [4.78, 5) is 11.4. The Hall–Kier alpha value is -2.90. The molecule has 2 N–H and O–H groups in total. The average molecular weight is 496 g/mol. The van der Waals surface area contributed by atoms with Crippen LogP contribution in [0, 0.1) is 0 Å². The Bertz CT molecular complexity index is 1280. The minimum Gasteiger partial charge on any atom is -0.495 e. The molecule has 0 bridgehead atoms. The quantitative estimate of drug-likeness (QED) is 0.277. The molecule has 2 aromatic heterocycles. The van der Waals surface area contributed by atoms with E-state index in [0.717, 1.165) is 53.0 Å². The lowest BCUT2D eigenvalue weighted by atomic mass is 10.1. The second kappa shape index (κ2) is 11.0. The molecule has 6 nitrogen and oxygen atoms in total. The first-order chi connectivity index (χ1) is 16.4. The Morgan fingerprint density at radius 1 is 0.941 bits per heavy atom. The zero-order valence-electron chi connectivity index (χ0n) is 19.4. The molecule has 2 heterocycles. The number of hydrogen-bond donors (Lipinski definition) is 2. The van der Waals surface area contributed by atoms with E-state index in [9.17, 15) is 0 Å². The third-order valence-corrected chi connectivity index (χ3v) is 6.05. The molecule has 0 aliphatic carbocycles. The van der Waals surface area contributed by atoms with Crippen LogP contribution in [0.1, 0.15) is 5.56 Å². The highest BCUT2D eigenvalue weighted by atomic mass is 35.5.